The Labute approximate surface area is 107 Å². The molecule has 0 bridgehead atoms. The zero-order chi connectivity index (χ0) is 12.9. The van der Waals surface area contributed by atoms with Crippen molar-refractivity contribution in [3.63, 3.8) is 0 Å². The van der Waals surface area contributed by atoms with Crippen molar-refractivity contribution in [3.8, 4) is 0 Å². The fraction of sp³-hybridized carbons (Fsp3) is 0.692. The maximum Gasteiger partial charge on any atom is 0.243 e. The molecule has 2 aliphatic heterocycles. The molecule has 0 aromatic heterocycles. The van der Waals surface area contributed by atoms with Gasteiger partial charge in [0.05, 0.1) is 6.61 Å². The fourth-order valence-electron chi connectivity index (χ4n) is 2.64. The van der Waals surface area contributed by atoms with Crippen LogP contribution >= 0.6 is 0 Å². The van der Waals surface area contributed by atoms with Crippen LogP contribution in [0, 0.1) is 11.8 Å². The number of amides is 1. The minimum atomic E-state index is -0.576. The van der Waals surface area contributed by atoms with Crippen LogP contribution in [0.3, 0.4) is 0 Å². The third-order valence-electron chi connectivity index (χ3n) is 4.05. The summed E-state index contributed by atoms with van der Waals surface area (Å²) < 4.78 is 5.65. The van der Waals surface area contributed by atoms with Crippen LogP contribution in [0.1, 0.15) is 13.3 Å². The van der Waals surface area contributed by atoms with Gasteiger partial charge in [0.15, 0.2) is 6.17 Å². The largest absolute Gasteiger partial charge is 0.368 e. The molecule has 5 heteroatoms. The van der Waals surface area contributed by atoms with E-state index in [0.717, 1.165) is 5.71 Å². The van der Waals surface area contributed by atoms with E-state index in [1.165, 1.54) is 6.42 Å². The van der Waals surface area contributed by atoms with E-state index in [4.69, 9.17) is 15.5 Å². The molecule has 0 aromatic rings. The van der Waals surface area contributed by atoms with Gasteiger partial charge >= 0.3 is 0 Å². The normalized spacial score (nSPS) is 43.3. The number of ether oxygens (including phenoxy) is 1. The minimum Gasteiger partial charge on any atom is -0.368 e. The quantitative estimate of drug-likeness (QED) is 0.720. The highest BCUT2D eigenvalue weighted by Crippen LogP contribution is 2.40. The van der Waals surface area contributed by atoms with E-state index in [0.29, 0.717) is 11.8 Å². The van der Waals surface area contributed by atoms with Crippen molar-refractivity contribution in [2.24, 2.45) is 22.6 Å². The summed E-state index contributed by atoms with van der Waals surface area (Å²) in [7, 11) is 1.76. The van der Waals surface area contributed by atoms with Crippen LogP contribution in [-0.2, 0) is 9.53 Å². The van der Waals surface area contributed by atoms with Crippen molar-refractivity contribution in [1.29, 1.82) is 0 Å². The third-order valence-corrected chi connectivity index (χ3v) is 4.05. The van der Waals surface area contributed by atoms with E-state index < -0.39 is 6.04 Å². The number of aliphatic imine (C=N–C) groups is 1. The first-order chi connectivity index (χ1) is 8.58. The molecule has 0 aromatic carbocycles. The molecule has 2 N–H and O–H groups in total. The van der Waals surface area contributed by atoms with E-state index in [1.807, 2.05) is 12.2 Å². The number of nitrogens with zero attached hydrogens (tertiary/aromatic N) is 2. The number of dihydropyridines is 1. The highest BCUT2D eigenvalue weighted by Gasteiger charge is 2.41. The summed E-state index contributed by atoms with van der Waals surface area (Å²) in [6, 6.07) is -0.576. The van der Waals surface area contributed by atoms with Crippen molar-refractivity contribution < 1.29 is 9.53 Å². The summed E-state index contributed by atoms with van der Waals surface area (Å²) >= 11 is 0. The second kappa shape index (κ2) is 4.17. The number of allylic oxidation sites excluding steroid dienone is 1. The Morgan fingerprint density at radius 1 is 1.56 bits per heavy atom. The van der Waals surface area contributed by atoms with E-state index >= 15 is 0 Å². The Balaban J connectivity index is 1.85. The van der Waals surface area contributed by atoms with Crippen LogP contribution in [0.5, 0.6) is 0 Å². The number of hydrogen-bond donors (Lipinski definition) is 1. The Hall–Kier alpha value is -1.20. The first kappa shape index (κ1) is 11.9. The first-order valence-electron chi connectivity index (χ1n) is 6.47. The molecular weight excluding hydrogens is 230 g/mol. The maximum atomic E-state index is 12.0. The predicted octanol–water partition coefficient (Wildman–Crippen LogP) is 0.164. The van der Waals surface area contributed by atoms with Gasteiger partial charge in [0.1, 0.15) is 12.1 Å². The standard InChI is InChI=1S/C13H19N3O2/c1-7-5-8(7)10-3-4-11-12(15-10)16(2)13(17)9(14)6-18-11/h3-4,7-9,11-12H,5-6,14H2,1-2H3/t7?,8-,9?,11?,12?/m0/s1. The number of nitrogens with two attached hydrogens (primary N) is 1. The average molecular weight is 249 g/mol. The van der Waals surface area contributed by atoms with E-state index in [9.17, 15) is 4.79 Å². The molecule has 0 radical (unpaired) electrons. The summed E-state index contributed by atoms with van der Waals surface area (Å²) in [4.78, 5) is 18.3. The van der Waals surface area contributed by atoms with Crippen LogP contribution in [-0.4, -0.2) is 48.5 Å². The first-order valence-corrected chi connectivity index (χ1v) is 6.47. The molecule has 1 aliphatic carbocycles. The molecule has 5 nitrogen and oxygen atoms in total. The fourth-order valence-corrected chi connectivity index (χ4v) is 2.64. The van der Waals surface area contributed by atoms with Gasteiger partial charge in [-0.25, -0.2) is 0 Å². The number of rotatable bonds is 1. The molecule has 4 unspecified atom stereocenters. The molecule has 5 atom stereocenters. The second-order valence-corrected chi connectivity index (χ2v) is 5.50. The summed E-state index contributed by atoms with van der Waals surface area (Å²) in [5, 5.41) is 0. The summed E-state index contributed by atoms with van der Waals surface area (Å²) in [6.45, 7) is 2.49. The average Bonchev–Trinajstić information content (AvgIpc) is 3.11. The van der Waals surface area contributed by atoms with Crippen molar-refractivity contribution in [2.75, 3.05) is 13.7 Å². The molecule has 1 saturated heterocycles. The molecule has 98 valence electrons. The number of likely N-dealkylation sites (N-methyl/N-ethyl adjacent to an activating group) is 1. The molecule has 18 heavy (non-hydrogen) atoms. The topological polar surface area (TPSA) is 67.9 Å². The molecule has 3 rings (SSSR count). The summed E-state index contributed by atoms with van der Waals surface area (Å²) in [5.74, 6) is 1.17. The molecule has 1 amide bonds. The maximum absolute atomic E-state index is 12.0. The van der Waals surface area contributed by atoms with Crippen molar-refractivity contribution >= 4 is 11.6 Å². The van der Waals surface area contributed by atoms with Crippen LogP contribution in [0.4, 0.5) is 0 Å². The number of fused-ring (bicyclic) bond motifs is 1. The predicted molar refractivity (Wildman–Crippen MR) is 68.1 cm³/mol. The van der Waals surface area contributed by atoms with Gasteiger partial charge in [0.2, 0.25) is 5.91 Å². The van der Waals surface area contributed by atoms with Gasteiger partial charge < -0.3 is 15.4 Å². The zero-order valence-corrected chi connectivity index (χ0v) is 10.7. The van der Waals surface area contributed by atoms with Crippen LogP contribution in [0.15, 0.2) is 17.1 Å². The number of hydrogen-bond acceptors (Lipinski definition) is 4. The lowest BCUT2D eigenvalue weighted by atomic mass is 10.1. The van der Waals surface area contributed by atoms with Crippen LogP contribution in [0.2, 0.25) is 0 Å². The van der Waals surface area contributed by atoms with Crippen molar-refractivity contribution in [2.45, 2.75) is 31.7 Å². The van der Waals surface area contributed by atoms with Gasteiger partial charge in [0.25, 0.3) is 0 Å². The van der Waals surface area contributed by atoms with Crippen molar-refractivity contribution in [3.05, 3.63) is 12.2 Å². The van der Waals surface area contributed by atoms with Crippen LogP contribution < -0.4 is 5.73 Å². The smallest absolute Gasteiger partial charge is 0.243 e. The lowest BCUT2D eigenvalue weighted by Crippen LogP contribution is -2.47. The second-order valence-electron chi connectivity index (χ2n) is 5.50. The third kappa shape index (κ3) is 1.87. The Morgan fingerprint density at radius 3 is 2.94 bits per heavy atom. The number of carbonyl (C=O) groups excluding carboxylic acids is 1. The Bertz CT molecular complexity index is 432. The molecule has 3 aliphatic rings. The molecule has 1 saturated carbocycles. The van der Waals surface area contributed by atoms with Gasteiger partial charge in [-0.05, 0) is 18.4 Å². The highest BCUT2D eigenvalue weighted by molar-refractivity contribution is 5.99. The zero-order valence-electron chi connectivity index (χ0n) is 10.7. The SMILES string of the molecule is CC1C[C@@H]1C1=NC2C(C=C1)OCC(N)C(=O)N2C. The molecule has 2 heterocycles. The highest BCUT2D eigenvalue weighted by atomic mass is 16.5. The van der Waals surface area contributed by atoms with Crippen LogP contribution in [0.25, 0.3) is 0 Å². The summed E-state index contributed by atoms with van der Waals surface area (Å²) in [5.41, 5.74) is 6.86. The molecule has 0 spiro atoms. The van der Waals surface area contributed by atoms with E-state index in [1.54, 1.807) is 11.9 Å². The van der Waals surface area contributed by atoms with E-state index in [-0.39, 0.29) is 24.8 Å². The number of carbonyl (C=O) groups is 1. The molecular formula is C13H19N3O2. The van der Waals surface area contributed by atoms with Gasteiger partial charge in [0, 0.05) is 18.7 Å². The Kier molecular flexibility index (Phi) is 2.75. The lowest BCUT2D eigenvalue weighted by molar-refractivity contribution is -0.132. The van der Waals surface area contributed by atoms with Gasteiger partial charge in [-0.3, -0.25) is 9.79 Å². The van der Waals surface area contributed by atoms with Crippen molar-refractivity contribution in [1.82, 2.24) is 4.90 Å². The Morgan fingerprint density at radius 2 is 2.28 bits per heavy atom. The van der Waals surface area contributed by atoms with E-state index in [2.05, 4.69) is 6.92 Å². The van der Waals surface area contributed by atoms with Gasteiger partial charge in [-0.15, -0.1) is 0 Å². The monoisotopic (exact) mass is 249 g/mol. The summed E-state index contributed by atoms with van der Waals surface area (Å²) in [6.07, 6.45) is 4.84. The van der Waals surface area contributed by atoms with Gasteiger partial charge in [-0.1, -0.05) is 13.0 Å². The minimum absolute atomic E-state index is 0.0928. The molecule has 2 fully saturated rings. The van der Waals surface area contributed by atoms with Gasteiger partial charge in [-0.2, -0.15) is 0 Å². The lowest BCUT2D eigenvalue weighted by Gasteiger charge is -2.30.